The number of carboxylic acid groups (broad SMARTS) is 1. The Kier molecular flexibility index (Phi) is 21.2. The first kappa shape index (κ1) is 24.4. The summed E-state index contributed by atoms with van der Waals surface area (Å²) in [5, 5.41) is 19.9. The van der Waals surface area contributed by atoms with Gasteiger partial charge in [-0.1, -0.05) is 56.6 Å². The summed E-state index contributed by atoms with van der Waals surface area (Å²) in [5.41, 5.74) is 0. The van der Waals surface area contributed by atoms with Crippen LogP contribution in [-0.4, -0.2) is 11.1 Å². The summed E-state index contributed by atoms with van der Waals surface area (Å²) in [6.45, 7) is 2.14. The van der Waals surface area contributed by atoms with Crippen molar-refractivity contribution in [2.24, 2.45) is 0 Å². The molecule has 0 saturated carbocycles. The van der Waals surface area contributed by atoms with E-state index in [0.29, 0.717) is 6.42 Å². The van der Waals surface area contributed by atoms with Crippen molar-refractivity contribution in [1.82, 2.24) is 0 Å². The largest absolute Gasteiger partial charge is 1.00 e. The summed E-state index contributed by atoms with van der Waals surface area (Å²) in [6.07, 6.45) is 18.4. The number of rotatable bonds is 13. The third kappa shape index (κ3) is 20.1. The van der Waals surface area contributed by atoms with Gasteiger partial charge in [-0.05, 0) is 38.5 Å². The van der Waals surface area contributed by atoms with Gasteiger partial charge in [-0.25, -0.2) is 0 Å². The molecule has 22 heavy (non-hydrogen) atoms. The van der Waals surface area contributed by atoms with Crippen molar-refractivity contribution in [2.75, 3.05) is 0 Å². The number of carbonyl (C=O) groups is 1. The van der Waals surface area contributed by atoms with E-state index in [1.165, 1.54) is 0 Å². The molecule has 4 heteroatoms. The molecule has 0 aliphatic rings. The fourth-order valence-electron chi connectivity index (χ4n) is 1.87. The number of carboxylic acids is 1. The SMILES string of the molecule is CCCCC/C([O-])=C\C/C=C\C/C=C\CCCCC(=O)O.[K+]. The number of hydrogen-bond donors (Lipinski definition) is 1. The van der Waals surface area contributed by atoms with Crippen molar-refractivity contribution in [2.45, 2.75) is 71.1 Å². The monoisotopic (exact) mass is 332 g/mol. The molecule has 0 amide bonds. The summed E-state index contributed by atoms with van der Waals surface area (Å²) in [5.74, 6) is -0.468. The second kappa shape index (κ2) is 19.2. The fourth-order valence-corrected chi connectivity index (χ4v) is 1.87. The van der Waals surface area contributed by atoms with E-state index in [2.05, 4.69) is 25.2 Å². The molecule has 0 rings (SSSR count). The molecule has 0 spiro atoms. The van der Waals surface area contributed by atoms with Crippen molar-refractivity contribution in [1.29, 1.82) is 0 Å². The number of hydrogen-bond acceptors (Lipinski definition) is 2. The van der Waals surface area contributed by atoms with Crippen LogP contribution in [0.1, 0.15) is 71.1 Å². The summed E-state index contributed by atoms with van der Waals surface area (Å²) in [4.78, 5) is 10.3. The molecule has 0 aliphatic carbocycles. The maximum atomic E-state index is 11.5. The van der Waals surface area contributed by atoms with Gasteiger partial charge in [0.15, 0.2) is 0 Å². The Morgan fingerprint density at radius 1 is 0.955 bits per heavy atom. The molecule has 120 valence electrons. The first-order valence-corrected chi connectivity index (χ1v) is 8.04. The van der Waals surface area contributed by atoms with E-state index < -0.39 is 5.97 Å². The summed E-state index contributed by atoms with van der Waals surface area (Å²) in [6, 6.07) is 0. The van der Waals surface area contributed by atoms with Crippen LogP contribution in [0.5, 0.6) is 0 Å². The predicted molar refractivity (Wildman–Crippen MR) is 85.8 cm³/mol. The van der Waals surface area contributed by atoms with E-state index in [4.69, 9.17) is 5.11 Å². The van der Waals surface area contributed by atoms with Gasteiger partial charge in [0.25, 0.3) is 0 Å². The van der Waals surface area contributed by atoms with Gasteiger partial charge in [0.2, 0.25) is 0 Å². The molecule has 0 aliphatic heterocycles. The molecule has 0 aromatic heterocycles. The van der Waals surface area contributed by atoms with Gasteiger partial charge >= 0.3 is 57.4 Å². The van der Waals surface area contributed by atoms with Gasteiger partial charge in [0.05, 0.1) is 0 Å². The average Bonchev–Trinajstić information content (AvgIpc) is 2.44. The summed E-state index contributed by atoms with van der Waals surface area (Å²) in [7, 11) is 0. The average molecular weight is 333 g/mol. The van der Waals surface area contributed by atoms with E-state index >= 15 is 0 Å². The summed E-state index contributed by atoms with van der Waals surface area (Å²) < 4.78 is 0. The summed E-state index contributed by atoms with van der Waals surface area (Å²) >= 11 is 0. The van der Waals surface area contributed by atoms with Gasteiger partial charge < -0.3 is 10.2 Å². The number of aliphatic carboxylic acids is 1. The predicted octanol–water partition coefficient (Wildman–Crippen LogP) is 1.35. The van der Waals surface area contributed by atoms with Gasteiger partial charge in [-0.15, -0.1) is 5.76 Å². The van der Waals surface area contributed by atoms with E-state index in [9.17, 15) is 9.90 Å². The minimum atomic E-state index is -0.720. The van der Waals surface area contributed by atoms with Gasteiger partial charge in [0.1, 0.15) is 0 Å². The molecule has 0 aromatic carbocycles. The van der Waals surface area contributed by atoms with E-state index in [1.807, 2.05) is 6.08 Å². The molecule has 1 N–H and O–H groups in total. The molecule has 0 heterocycles. The Hall–Kier alpha value is 0.126. The first-order chi connectivity index (χ1) is 10.2. The van der Waals surface area contributed by atoms with Crippen molar-refractivity contribution < 1.29 is 66.4 Å². The normalized spacial score (nSPS) is 12.0. The number of unbranched alkanes of at least 4 members (excludes halogenated alkanes) is 4. The van der Waals surface area contributed by atoms with Crippen LogP contribution in [0.25, 0.3) is 0 Å². The van der Waals surface area contributed by atoms with Crippen molar-refractivity contribution in [3.8, 4) is 0 Å². The zero-order chi connectivity index (χ0) is 15.8. The van der Waals surface area contributed by atoms with Crippen LogP contribution in [0.2, 0.25) is 0 Å². The third-order valence-electron chi connectivity index (χ3n) is 3.13. The van der Waals surface area contributed by atoms with Crippen LogP contribution in [0.4, 0.5) is 0 Å². The van der Waals surface area contributed by atoms with Crippen molar-refractivity contribution in [3.05, 3.63) is 36.1 Å². The van der Waals surface area contributed by atoms with E-state index in [-0.39, 0.29) is 63.6 Å². The Morgan fingerprint density at radius 2 is 1.59 bits per heavy atom. The van der Waals surface area contributed by atoms with Crippen LogP contribution in [0.3, 0.4) is 0 Å². The maximum Gasteiger partial charge on any atom is 1.00 e. The minimum absolute atomic E-state index is 0. The van der Waals surface area contributed by atoms with Crippen LogP contribution in [0.15, 0.2) is 36.1 Å². The molecular formula is C18H29KO3. The fraction of sp³-hybridized carbons (Fsp3) is 0.611. The standard InChI is InChI=1S/C18H30O3.K/c1-2-3-11-14-17(19)15-12-9-7-5-4-6-8-10-13-16-18(20)21;/h4,6-7,9,15,19H,2-3,5,8,10-14,16H2,1H3,(H,20,21);/q;+1/p-1/b6-4-,9-7-,17-15+;. The molecule has 0 fully saturated rings. The number of allylic oxidation sites excluding steroid dienone is 6. The van der Waals surface area contributed by atoms with Crippen LogP contribution in [-0.2, 0) is 4.79 Å². The Labute approximate surface area is 178 Å². The zero-order valence-corrected chi connectivity index (χ0v) is 17.3. The topological polar surface area (TPSA) is 60.4 Å². The van der Waals surface area contributed by atoms with Crippen molar-refractivity contribution >= 4 is 5.97 Å². The molecule has 0 atom stereocenters. The van der Waals surface area contributed by atoms with Crippen LogP contribution < -0.4 is 56.5 Å². The quantitative estimate of drug-likeness (QED) is 0.240. The Morgan fingerprint density at radius 3 is 2.27 bits per heavy atom. The minimum Gasteiger partial charge on any atom is -0.876 e. The molecular weight excluding hydrogens is 303 g/mol. The van der Waals surface area contributed by atoms with E-state index in [0.717, 1.165) is 51.4 Å². The van der Waals surface area contributed by atoms with Gasteiger partial charge in [0, 0.05) is 6.42 Å². The first-order valence-electron chi connectivity index (χ1n) is 8.04. The molecule has 3 nitrogen and oxygen atoms in total. The van der Waals surface area contributed by atoms with Crippen LogP contribution in [0, 0.1) is 0 Å². The molecule has 0 unspecified atom stereocenters. The smallest absolute Gasteiger partial charge is 0.876 e. The van der Waals surface area contributed by atoms with Crippen LogP contribution >= 0.6 is 0 Å². The van der Waals surface area contributed by atoms with Crippen molar-refractivity contribution in [3.63, 3.8) is 0 Å². The second-order valence-electron chi connectivity index (χ2n) is 5.18. The Bertz CT molecular complexity index is 346. The molecule has 0 aromatic rings. The van der Waals surface area contributed by atoms with E-state index in [1.54, 1.807) is 6.08 Å². The zero-order valence-electron chi connectivity index (χ0n) is 14.2. The third-order valence-corrected chi connectivity index (χ3v) is 3.13. The van der Waals surface area contributed by atoms with Gasteiger partial charge in [-0.2, -0.15) is 0 Å². The molecule has 0 radical (unpaired) electrons. The second-order valence-corrected chi connectivity index (χ2v) is 5.18. The molecule has 0 bridgehead atoms. The maximum absolute atomic E-state index is 11.5. The Balaban J connectivity index is 0. The molecule has 0 saturated heterocycles. The van der Waals surface area contributed by atoms with Gasteiger partial charge in [-0.3, -0.25) is 4.79 Å².